The van der Waals surface area contributed by atoms with Gasteiger partial charge in [-0.05, 0) is 18.4 Å². The lowest BCUT2D eigenvalue weighted by atomic mass is 9.89. The molecule has 5 nitrogen and oxygen atoms in total. The second-order valence-corrected chi connectivity index (χ2v) is 7.18. The second-order valence-electron chi connectivity index (χ2n) is 7.18. The molecule has 1 aromatic carbocycles. The molecule has 2 atom stereocenters. The molecule has 2 N–H and O–H groups in total. The Balaban J connectivity index is 0.00000312. The van der Waals surface area contributed by atoms with Crippen molar-refractivity contribution in [1.82, 2.24) is 10.6 Å². The number of benzene rings is 1. The predicted molar refractivity (Wildman–Crippen MR) is 114 cm³/mol. The Morgan fingerprint density at radius 1 is 1.36 bits per heavy atom. The Morgan fingerprint density at radius 3 is 2.72 bits per heavy atom. The van der Waals surface area contributed by atoms with Crippen molar-refractivity contribution in [2.45, 2.75) is 46.3 Å². The van der Waals surface area contributed by atoms with Crippen molar-refractivity contribution in [1.29, 1.82) is 0 Å². The van der Waals surface area contributed by atoms with E-state index >= 15 is 0 Å². The van der Waals surface area contributed by atoms with Gasteiger partial charge < -0.3 is 20.1 Å². The molecule has 25 heavy (non-hydrogen) atoms. The fraction of sp³-hybridized carbons (Fsp3) is 0.632. The van der Waals surface area contributed by atoms with E-state index in [0.29, 0.717) is 6.54 Å². The van der Waals surface area contributed by atoms with Gasteiger partial charge in [0.25, 0.3) is 0 Å². The molecule has 0 fully saturated rings. The van der Waals surface area contributed by atoms with Gasteiger partial charge in [-0.1, -0.05) is 39.0 Å². The molecule has 2 unspecified atom stereocenters. The van der Waals surface area contributed by atoms with Crippen molar-refractivity contribution >= 4 is 29.9 Å². The Morgan fingerprint density at radius 2 is 2.08 bits per heavy atom. The van der Waals surface area contributed by atoms with Gasteiger partial charge in [-0.25, -0.2) is 0 Å². The van der Waals surface area contributed by atoms with Crippen molar-refractivity contribution in [3.05, 3.63) is 29.8 Å². The van der Waals surface area contributed by atoms with Gasteiger partial charge >= 0.3 is 0 Å². The summed E-state index contributed by atoms with van der Waals surface area (Å²) in [5.74, 6) is 1.78. The number of ether oxygens (including phenoxy) is 2. The van der Waals surface area contributed by atoms with Crippen LogP contribution in [0, 0.1) is 5.41 Å². The first-order valence-corrected chi connectivity index (χ1v) is 8.75. The van der Waals surface area contributed by atoms with Crippen molar-refractivity contribution in [3.63, 3.8) is 0 Å². The molecule has 1 aromatic rings. The van der Waals surface area contributed by atoms with Gasteiger partial charge in [-0.15, -0.1) is 24.0 Å². The van der Waals surface area contributed by atoms with Gasteiger partial charge in [-0.3, -0.25) is 4.99 Å². The number of hydrogen-bond acceptors (Lipinski definition) is 3. The van der Waals surface area contributed by atoms with E-state index in [1.807, 2.05) is 18.2 Å². The first-order chi connectivity index (χ1) is 11.5. The van der Waals surface area contributed by atoms with Crippen LogP contribution in [0.25, 0.3) is 0 Å². The zero-order chi connectivity index (χ0) is 17.6. The van der Waals surface area contributed by atoms with Gasteiger partial charge in [0.15, 0.2) is 5.96 Å². The Bertz CT molecular complexity index is 558. The zero-order valence-corrected chi connectivity index (χ0v) is 18.3. The van der Waals surface area contributed by atoms with Crippen molar-refractivity contribution in [2.24, 2.45) is 10.4 Å². The summed E-state index contributed by atoms with van der Waals surface area (Å²) < 4.78 is 11.3. The summed E-state index contributed by atoms with van der Waals surface area (Å²) >= 11 is 0. The third kappa shape index (κ3) is 6.33. The quantitative estimate of drug-likeness (QED) is 0.399. The van der Waals surface area contributed by atoms with E-state index in [4.69, 9.17) is 14.5 Å². The highest BCUT2D eigenvalue weighted by atomic mass is 127. The number of methoxy groups -OCH3 is 1. The first-order valence-electron chi connectivity index (χ1n) is 8.75. The predicted octanol–water partition coefficient (Wildman–Crippen LogP) is 3.74. The van der Waals surface area contributed by atoms with E-state index in [2.05, 4.69) is 44.4 Å². The van der Waals surface area contributed by atoms with Gasteiger partial charge in [0.1, 0.15) is 5.75 Å². The third-order valence-electron chi connectivity index (χ3n) is 4.28. The summed E-state index contributed by atoms with van der Waals surface area (Å²) in [6.45, 7) is 10.8. The number of fused-ring (bicyclic) bond motifs is 1. The average molecular weight is 461 g/mol. The number of halogens is 1. The monoisotopic (exact) mass is 461 g/mol. The Labute approximate surface area is 169 Å². The molecule has 0 aliphatic carbocycles. The molecule has 1 aliphatic rings. The Hall–Kier alpha value is -1.02. The molecule has 0 aromatic heterocycles. The SMILES string of the molecule is CCNC(=NCC(OC)C(C)(C)C)NC1CCOc2ccccc21.I. The van der Waals surface area contributed by atoms with Crippen LogP contribution in [0.1, 0.15) is 45.7 Å². The highest BCUT2D eigenvalue weighted by Crippen LogP contribution is 2.31. The largest absolute Gasteiger partial charge is 0.493 e. The highest BCUT2D eigenvalue weighted by molar-refractivity contribution is 14.0. The maximum atomic E-state index is 5.74. The van der Waals surface area contributed by atoms with Crippen LogP contribution in [-0.4, -0.2) is 38.9 Å². The molecule has 0 radical (unpaired) electrons. The number of guanidine groups is 1. The van der Waals surface area contributed by atoms with Crippen LogP contribution in [0.15, 0.2) is 29.3 Å². The smallest absolute Gasteiger partial charge is 0.191 e. The van der Waals surface area contributed by atoms with Gasteiger partial charge in [0, 0.05) is 25.6 Å². The molecular formula is C19H32IN3O2. The molecule has 0 amide bonds. The number of aliphatic imine (C=N–C) groups is 1. The summed E-state index contributed by atoms with van der Waals surface area (Å²) in [5, 5.41) is 6.88. The van der Waals surface area contributed by atoms with Crippen LogP contribution in [0.4, 0.5) is 0 Å². The number of nitrogens with one attached hydrogen (secondary N) is 2. The van der Waals surface area contributed by atoms with E-state index in [9.17, 15) is 0 Å². The maximum Gasteiger partial charge on any atom is 0.191 e. The average Bonchev–Trinajstić information content (AvgIpc) is 2.54. The number of nitrogens with zero attached hydrogens (tertiary/aromatic N) is 1. The summed E-state index contributed by atoms with van der Waals surface area (Å²) in [5.41, 5.74) is 1.24. The topological polar surface area (TPSA) is 54.9 Å². The van der Waals surface area contributed by atoms with Crippen LogP contribution in [0.3, 0.4) is 0 Å². The molecule has 1 aliphatic heterocycles. The van der Waals surface area contributed by atoms with Crippen molar-refractivity contribution in [3.8, 4) is 5.75 Å². The third-order valence-corrected chi connectivity index (χ3v) is 4.28. The number of hydrogen-bond donors (Lipinski definition) is 2. The lowest BCUT2D eigenvalue weighted by Crippen LogP contribution is -2.42. The van der Waals surface area contributed by atoms with E-state index < -0.39 is 0 Å². The van der Waals surface area contributed by atoms with E-state index in [1.54, 1.807) is 7.11 Å². The highest BCUT2D eigenvalue weighted by Gasteiger charge is 2.25. The molecule has 142 valence electrons. The van der Waals surface area contributed by atoms with E-state index in [1.165, 1.54) is 5.56 Å². The molecule has 1 heterocycles. The summed E-state index contributed by atoms with van der Waals surface area (Å²) in [4.78, 5) is 4.75. The molecule has 0 saturated heterocycles. The lowest BCUT2D eigenvalue weighted by molar-refractivity contribution is 0.0241. The van der Waals surface area contributed by atoms with Crippen LogP contribution < -0.4 is 15.4 Å². The van der Waals surface area contributed by atoms with Gasteiger partial charge in [0.2, 0.25) is 0 Å². The van der Waals surface area contributed by atoms with Crippen molar-refractivity contribution < 1.29 is 9.47 Å². The van der Waals surface area contributed by atoms with E-state index in [-0.39, 0.29) is 41.5 Å². The molecule has 0 spiro atoms. The van der Waals surface area contributed by atoms with Gasteiger partial charge in [0.05, 0.1) is 25.3 Å². The van der Waals surface area contributed by atoms with Crippen LogP contribution >= 0.6 is 24.0 Å². The van der Waals surface area contributed by atoms with E-state index in [0.717, 1.165) is 31.3 Å². The van der Waals surface area contributed by atoms with Gasteiger partial charge in [-0.2, -0.15) is 0 Å². The number of rotatable bonds is 5. The summed E-state index contributed by atoms with van der Waals surface area (Å²) in [6, 6.07) is 8.40. The number of para-hydroxylation sites is 1. The minimum atomic E-state index is 0. The summed E-state index contributed by atoms with van der Waals surface area (Å²) in [7, 11) is 1.75. The lowest BCUT2D eigenvalue weighted by Gasteiger charge is -2.30. The molecule has 0 saturated carbocycles. The van der Waals surface area contributed by atoms with Crippen LogP contribution in [0.2, 0.25) is 0 Å². The van der Waals surface area contributed by atoms with Crippen LogP contribution in [-0.2, 0) is 4.74 Å². The minimum absolute atomic E-state index is 0. The molecular weight excluding hydrogens is 429 g/mol. The van der Waals surface area contributed by atoms with Crippen molar-refractivity contribution in [2.75, 3.05) is 26.8 Å². The fourth-order valence-electron chi connectivity index (χ4n) is 2.85. The molecule has 6 heteroatoms. The summed E-state index contributed by atoms with van der Waals surface area (Å²) in [6.07, 6.45) is 1.00. The van der Waals surface area contributed by atoms with Crippen LogP contribution in [0.5, 0.6) is 5.75 Å². The molecule has 2 rings (SSSR count). The fourth-order valence-corrected chi connectivity index (χ4v) is 2.85. The second kappa shape index (κ2) is 10.2. The maximum absolute atomic E-state index is 5.74. The molecule has 0 bridgehead atoms. The standard InChI is InChI=1S/C19H31N3O2.HI/c1-6-20-18(21-13-17(23-5)19(2,3)4)22-15-11-12-24-16-10-8-7-9-14(15)16;/h7-10,15,17H,6,11-13H2,1-5H3,(H2,20,21,22);1H. The first kappa shape index (κ1) is 22.0. The Kier molecular flexibility index (Phi) is 8.99. The zero-order valence-electron chi connectivity index (χ0n) is 16.0. The minimum Gasteiger partial charge on any atom is -0.493 e. The normalized spacial score (nSPS) is 18.4.